The Kier molecular flexibility index (Phi) is 6.63. The molecule has 0 unspecified atom stereocenters. The highest BCUT2D eigenvalue weighted by Gasteiger charge is 2.34. The highest BCUT2D eigenvalue weighted by Crippen LogP contribution is 2.26. The van der Waals surface area contributed by atoms with Gasteiger partial charge in [-0.3, -0.25) is 14.5 Å². The van der Waals surface area contributed by atoms with Gasteiger partial charge in [0, 0.05) is 50.5 Å². The Morgan fingerprint density at radius 3 is 2.23 bits per heavy atom. The third-order valence-corrected chi connectivity index (χ3v) is 6.04. The van der Waals surface area contributed by atoms with Crippen molar-refractivity contribution in [1.82, 2.24) is 9.80 Å². The minimum Gasteiger partial charge on any atom is -0.379 e. The lowest BCUT2D eigenvalue weighted by Gasteiger charge is -2.40. The molecule has 0 aliphatic carbocycles. The van der Waals surface area contributed by atoms with Crippen LogP contribution in [0.5, 0.6) is 0 Å². The molecule has 0 saturated carbocycles. The Bertz CT molecular complexity index is 920. The molecule has 2 aromatic carbocycles. The van der Waals surface area contributed by atoms with E-state index < -0.39 is 6.04 Å². The third-order valence-electron chi connectivity index (χ3n) is 6.04. The van der Waals surface area contributed by atoms with Crippen LogP contribution in [-0.4, -0.2) is 74.0 Å². The van der Waals surface area contributed by atoms with Crippen molar-refractivity contribution in [3.05, 3.63) is 65.5 Å². The average Bonchev–Trinajstić information content (AvgIpc) is 2.80. The number of morpholine rings is 1. The molecular formula is C24H28FN3O3. The second-order valence-corrected chi connectivity index (χ2v) is 8.02. The zero-order valence-corrected chi connectivity index (χ0v) is 17.8. The summed E-state index contributed by atoms with van der Waals surface area (Å²) in [6.07, 6.45) is 0. The number of hydrogen-bond donors (Lipinski definition) is 0. The number of ether oxygens (including phenoxy) is 1. The molecule has 31 heavy (non-hydrogen) atoms. The molecule has 0 aromatic heterocycles. The van der Waals surface area contributed by atoms with E-state index in [1.165, 1.54) is 12.1 Å². The fourth-order valence-corrected chi connectivity index (χ4v) is 4.29. The van der Waals surface area contributed by atoms with Crippen LogP contribution in [0.15, 0.2) is 48.5 Å². The van der Waals surface area contributed by atoms with Crippen molar-refractivity contribution < 1.29 is 18.7 Å². The minimum absolute atomic E-state index is 0.0130. The highest BCUT2D eigenvalue weighted by atomic mass is 19.1. The summed E-state index contributed by atoms with van der Waals surface area (Å²) in [5.41, 5.74) is 2.43. The Balaban J connectivity index is 1.46. The van der Waals surface area contributed by atoms with Gasteiger partial charge >= 0.3 is 0 Å². The Morgan fingerprint density at radius 1 is 0.935 bits per heavy atom. The van der Waals surface area contributed by atoms with Gasteiger partial charge < -0.3 is 14.5 Å². The van der Waals surface area contributed by atoms with Gasteiger partial charge in [0.15, 0.2) is 5.78 Å². The molecule has 2 fully saturated rings. The molecule has 0 N–H and O–H groups in total. The van der Waals surface area contributed by atoms with E-state index in [0.29, 0.717) is 63.6 Å². The molecule has 1 atom stereocenters. The Morgan fingerprint density at radius 2 is 1.61 bits per heavy atom. The van der Waals surface area contributed by atoms with Crippen LogP contribution >= 0.6 is 0 Å². The van der Waals surface area contributed by atoms with E-state index in [2.05, 4.69) is 9.80 Å². The Hall–Kier alpha value is -2.77. The van der Waals surface area contributed by atoms with E-state index in [9.17, 15) is 14.0 Å². The van der Waals surface area contributed by atoms with Crippen molar-refractivity contribution in [2.75, 3.05) is 57.4 Å². The van der Waals surface area contributed by atoms with Crippen molar-refractivity contribution in [2.45, 2.75) is 13.0 Å². The first-order valence-electron chi connectivity index (χ1n) is 10.7. The highest BCUT2D eigenvalue weighted by molar-refractivity contribution is 5.94. The number of carbonyl (C=O) groups is 2. The van der Waals surface area contributed by atoms with Crippen molar-refractivity contribution in [3.8, 4) is 0 Å². The number of amides is 1. The number of ketones is 1. The van der Waals surface area contributed by atoms with Gasteiger partial charge in [-0.15, -0.1) is 0 Å². The standard InChI is InChI=1S/C24H28FN3O3/c1-18(29)19-5-7-22(8-6-19)26-9-11-28(12-10-26)24(30)23(27-13-15-31-16-14-27)20-3-2-4-21(25)17-20/h2-8,17,23H,9-16H2,1H3/t23-/m1/s1. The van der Waals surface area contributed by atoms with Crippen molar-refractivity contribution in [2.24, 2.45) is 0 Å². The van der Waals surface area contributed by atoms with Gasteiger partial charge in [-0.2, -0.15) is 0 Å². The van der Waals surface area contributed by atoms with E-state index in [0.717, 1.165) is 5.69 Å². The van der Waals surface area contributed by atoms with Gasteiger partial charge in [-0.05, 0) is 48.9 Å². The van der Waals surface area contributed by atoms with Gasteiger partial charge in [-0.1, -0.05) is 12.1 Å². The van der Waals surface area contributed by atoms with E-state index >= 15 is 0 Å². The largest absolute Gasteiger partial charge is 0.379 e. The predicted octanol–water partition coefficient (Wildman–Crippen LogP) is 2.75. The molecule has 2 aliphatic heterocycles. The van der Waals surface area contributed by atoms with Crippen LogP contribution in [0.2, 0.25) is 0 Å². The van der Waals surface area contributed by atoms with Crippen molar-refractivity contribution in [1.29, 1.82) is 0 Å². The van der Waals surface area contributed by atoms with Crippen LogP contribution in [0, 0.1) is 5.82 Å². The molecule has 7 heteroatoms. The lowest BCUT2D eigenvalue weighted by atomic mass is 10.0. The van der Waals surface area contributed by atoms with E-state index in [1.54, 1.807) is 13.0 Å². The first-order valence-corrected chi connectivity index (χ1v) is 10.7. The molecule has 6 nitrogen and oxygen atoms in total. The van der Waals surface area contributed by atoms with Gasteiger partial charge in [0.2, 0.25) is 5.91 Å². The fraction of sp³-hybridized carbons (Fsp3) is 0.417. The van der Waals surface area contributed by atoms with Crippen LogP contribution in [0.3, 0.4) is 0 Å². The van der Waals surface area contributed by atoms with Gasteiger partial charge in [0.25, 0.3) is 0 Å². The molecule has 164 valence electrons. The first-order chi connectivity index (χ1) is 15.0. The predicted molar refractivity (Wildman–Crippen MR) is 117 cm³/mol. The average molecular weight is 426 g/mol. The Labute approximate surface area is 182 Å². The zero-order chi connectivity index (χ0) is 21.8. The number of piperazine rings is 1. The summed E-state index contributed by atoms with van der Waals surface area (Å²) in [7, 11) is 0. The SMILES string of the molecule is CC(=O)c1ccc(N2CCN(C(=O)[C@@H](c3cccc(F)c3)N3CCOCC3)CC2)cc1. The molecule has 2 aromatic rings. The number of benzene rings is 2. The van der Waals surface area contributed by atoms with Crippen LogP contribution in [0.1, 0.15) is 28.9 Å². The summed E-state index contributed by atoms with van der Waals surface area (Å²) in [4.78, 5) is 31.2. The summed E-state index contributed by atoms with van der Waals surface area (Å²) in [6, 6.07) is 13.4. The molecule has 1 amide bonds. The van der Waals surface area contributed by atoms with Crippen LogP contribution in [0.4, 0.5) is 10.1 Å². The maximum absolute atomic E-state index is 13.9. The second-order valence-electron chi connectivity index (χ2n) is 8.02. The number of halogens is 1. The van der Waals surface area contributed by atoms with Gasteiger partial charge in [-0.25, -0.2) is 4.39 Å². The zero-order valence-electron chi connectivity index (χ0n) is 17.8. The van der Waals surface area contributed by atoms with E-state index in [4.69, 9.17) is 4.74 Å². The third kappa shape index (κ3) is 4.94. The van der Waals surface area contributed by atoms with Crippen molar-refractivity contribution >= 4 is 17.4 Å². The van der Waals surface area contributed by atoms with Crippen LogP contribution < -0.4 is 4.90 Å². The maximum atomic E-state index is 13.9. The normalized spacial score (nSPS) is 18.6. The number of Topliss-reactive ketones (excluding diaryl/α,β-unsaturated/α-hetero) is 1. The second kappa shape index (κ2) is 9.58. The number of carbonyl (C=O) groups excluding carboxylic acids is 2. The molecule has 2 heterocycles. The number of hydrogen-bond acceptors (Lipinski definition) is 5. The maximum Gasteiger partial charge on any atom is 0.244 e. The number of rotatable bonds is 5. The summed E-state index contributed by atoms with van der Waals surface area (Å²) < 4.78 is 19.4. The monoisotopic (exact) mass is 425 g/mol. The quantitative estimate of drug-likeness (QED) is 0.690. The summed E-state index contributed by atoms with van der Waals surface area (Å²) in [5.74, 6) is -0.269. The molecule has 2 saturated heterocycles. The number of anilines is 1. The molecular weight excluding hydrogens is 397 g/mol. The van der Waals surface area contributed by atoms with Crippen molar-refractivity contribution in [3.63, 3.8) is 0 Å². The summed E-state index contributed by atoms with van der Waals surface area (Å²) in [6.45, 7) is 6.63. The lowest BCUT2D eigenvalue weighted by molar-refractivity contribution is -0.139. The summed E-state index contributed by atoms with van der Waals surface area (Å²) >= 11 is 0. The van der Waals surface area contributed by atoms with E-state index in [1.807, 2.05) is 35.2 Å². The van der Waals surface area contributed by atoms with E-state index in [-0.39, 0.29) is 17.5 Å². The number of nitrogens with zero attached hydrogens (tertiary/aromatic N) is 3. The molecule has 0 bridgehead atoms. The summed E-state index contributed by atoms with van der Waals surface area (Å²) in [5, 5.41) is 0. The smallest absolute Gasteiger partial charge is 0.244 e. The van der Waals surface area contributed by atoms with Crippen LogP contribution in [-0.2, 0) is 9.53 Å². The molecule has 2 aliphatic rings. The molecule has 0 radical (unpaired) electrons. The lowest BCUT2D eigenvalue weighted by Crippen LogP contribution is -2.53. The minimum atomic E-state index is -0.499. The van der Waals surface area contributed by atoms with Crippen LogP contribution in [0.25, 0.3) is 0 Å². The van der Waals surface area contributed by atoms with Gasteiger partial charge in [0.05, 0.1) is 13.2 Å². The topological polar surface area (TPSA) is 53.1 Å². The van der Waals surface area contributed by atoms with Gasteiger partial charge in [0.1, 0.15) is 11.9 Å². The first kappa shape index (κ1) is 21.5. The fourth-order valence-electron chi connectivity index (χ4n) is 4.29. The molecule has 0 spiro atoms. The molecule has 4 rings (SSSR count).